The van der Waals surface area contributed by atoms with Crippen LogP contribution in [0.2, 0.25) is 0 Å². The molecule has 0 aromatic heterocycles. The summed E-state index contributed by atoms with van der Waals surface area (Å²) in [6.45, 7) is 8.01. The number of hydrogen-bond acceptors (Lipinski definition) is 2. The molecule has 2 heteroatoms. The lowest BCUT2D eigenvalue weighted by atomic mass is 9.78. The number of nitrogens with one attached hydrogen (secondary N) is 1. The lowest BCUT2D eigenvalue weighted by molar-refractivity contribution is 0.197. The fourth-order valence-electron chi connectivity index (χ4n) is 1.93. The molecular weight excluding hydrogens is 160 g/mol. The van der Waals surface area contributed by atoms with E-state index < -0.39 is 0 Å². The lowest BCUT2D eigenvalue weighted by Crippen LogP contribution is -2.46. The van der Waals surface area contributed by atoms with Crippen LogP contribution in [0.15, 0.2) is 0 Å². The molecule has 0 aliphatic heterocycles. The third-order valence-corrected chi connectivity index (χ3v) is 3.38. The standard InChI is InChI=1S/C11H24N2/c1-4-10-6-7-11(10)12-8-9-13(3)5-2/h10-12H,4-9H2,1-3H3. The maximum Gasteiger partial charge on any atom is 0.0104 e. The predicted molar refractivity (Wildman–Crippen MR) is 58.0 cm³/mol. The molecule has 0 aromatic rings. The Labute approximate surface area is 82.7 Å². The number of likely N-dealkylation sites (N-methyl/N-ethyl adjacent to an activating group) is 1. The van der Waals surface area contributed by atoms with Gasteiger partial charge in [-0.2, -0.15) is 0 Å². The summed E-state index contributed by atoms with van der Waals surface area (Å²) < 4.78 is 0. The molecule has 0 radical (unpaired) electrons. The summed E-state index contributed by atoms with van der Waals surface area (Å²) in [5.41, 5.74) is 0. The van der Waals surface area contributed by atoms with Gasteiger partial charge in [-0.25, -0.2) is 0 Å². The minimum absolute atomic E-state index is 0.829. The molecule has 1 fully saturated rings. The van der Waals surface area contributed by atoms with Gasteiger partial charge >= 0.3 is 0 Å². The zero-order valence-corrected chi connectivity index (χ0v) is 9.34. The summed E-state index contributed by atoms with van der Waals surface area (Å²) in [5, 5.41) is 3.64. The Morgan fingerprint density at radius 1 is 1.31 bits per heavy atom. The summed E-state index contributed by atoms with van der Waals surface area (Å²) in [4.78, 5) is 2.35. The van der Waals surface area contributed by atoms with Gasteiger partial charge in [-0.15, -0.1) is 0 Å². The van der Waals surface area contributed by atoms with Gasteiger partial charge in [-0.3, -0.25) is 0 Å². The molecule has 1 aliphatic carbocycles. The van der Waals surface area contributed by atoms with E-state index >= 15 is 0 Å². The monoisotopic (exact) mass is 184 g/mol. The van der Waals surface area contributed by atoms with Gasteiger partial charge in [-0.05, 0) is 32.4 Å². The van der Waals surface area contributed by atoms with E-state index in [4.69, 9.17) is 0 Å². The van der Waals surface area contributed by atoms with Crippen LogP contribution in [0.4, 0.5) is 0 Å². The Kier molecular flexibility index (Phi) is 4.74. The van der Waals surface area contributed by atoms with Crippen molar-refractivity contribution in [3.63, 3.8) is 0 Å². The van der Waals surface area contributed by atoms with Crippen molar-refractivity contribution < 1.29 is 0 Å². The van der Waals surface area contributed by atoms with Crippen LogP contribution >= 0.6 is 0 Å². The van der Waals surface area contributed by atoms with Crippen molar-refractivity contribution in [3.8, 4) is 0 Å². The average Bonchev–Trinajstić information content (AvgIpc) is 2.11. The van der Waals surface area contributed by atoms with Gasteiger partial charge in [-0.1, -0.05) is 20.3 Å². The Balaban J connectivity index is 1.99. The van der Waals surface area contributed by atoms with Crippen LogP contribution in [0.25, 0.3) is 0 Å². The zero-order valence-electron chi connectivity index (χ0n) is 9.34. The maximum atomic E-state index is 3.64. The summed E-state index contributed by atoms with van der Waals surface area (Å²) in [5.74, 6) is 0.965. The van der Waals surface area contributed by atoms with Crippen LogP contribution in [0.1, 0.15) is 33.1 Å². The summed E-state index contributed by atoms with van der Waals surface area (Å²) in [7, 11) is 2.18. The van der Waals surface area contributed by atoms with E-state index in [-0.39, 0.29) is 0 Å². The highest BCUT2D eigenvalue weighted by molar-refractivity contribution is 4.85. The number of hydrogen-bond donors (Lipinski definition) is 1. The lowest BCUT2D eigenvalue weighted by Gasteiger charge is -2.37. The van der Waals surface area contributed by atoms with Gasteiger partial charge in [0.1, 0.15) is 0 Å². The van der Waals surface area contributed by atoms with E-state index in [9.17, 15) is 0 Å². The molecule has 2 unspecified atom stereocenters. The van der Waals surface area contributed by atoms with Gasteiger partial charge in [0.05, 0.1) is 0 Å². The largest absolute Gasteiger partial charge is 0.312 e. The van der Waals surface area contributed by atoms with Crippen LogP contribution < -0.4 is 5.32 Å². The number of nitrogens with zero attached hydrogens (tertiary/aromatic N) is 1. The molecule has 0 amide bonds. The van der Waals surface area contributed by atoms with Crippen molar-refractivity contribution in [1.82, 2.24) is 10.2 Å². The highest BCUT2D eigenvalue weighted by atomic mass is 15.1. The fraction of sp³-hybridized carbons (Fsp3) is 1.00. The van der Waals surface area contributed by atoms with Crippen molar-refractivity contribution in [3.05, 3.63) is 0 Å². The van der Waals surface area contributed by atoms with Crippen molar-refractivity contribution in [2.45, 2.75) is 39.2 Å². The average molecular weight is 184 g/mol. The molecule has 1 saturated carbocycles. The van der Waals surface area contributed by atoms with Gasteiger partial charge in [0.2, 0.25) is 0 Å². The van der Waals surface area contributed by atoms with Gasteiger partial charge in [0.15, 0.2) is 0 Å². The molecule has 0 bridgehead atoms. The normalized spacial score (nSPS) is 27.7. The van der Waals surface area contributed by atoms with Crippen molar-refractivity contribution in [2.75, 3.05) is 26.7 Å². The molecule has 0 spiro atoms. The molecule has 1 aliphatic rings. The van der Waals surface area contributed by atoms with Crippen LogP contribution in [0.3, 0.4) is 0 Å². The van der Waals surface area contributed by atoms with Crippen LogP contribution in [-0.2, 0) is 0 Å². The highest BCUT2D eigenvalue weighted by Gasteiger charge is 2.28. The van der Waals surface area contributed by atoms with E-state index in [1.165, 1.54) is 25.8 Å². The predicted octanol–water partition coefficient (Wildman–Crippen LogP) is 1.72. The first-order valence-corrected chi connectivity index (χ1v) is 5.69. The van der Waals surface area contributed by atoms with E-state index in [1.807, 2.05) is 0 Å². The molecule has 2 atom stereocenters. The first-order valence-electron chi connectivity index (χ1n) is 5.69. The first-order chi connectivity index (χ1) is 6.27. The zero-order chi connectivity index (χ0) is 9.68. The third-order valence-electron chi connectivity index (χ3n) is 3.38. The SMILES string of the molecule is CCC1CCC1NCCN(C)CC. The molecule has 1 N–H and O–H groups in total. The highest BCUT2D eigenvalue weighted by Crippen LogP contribution is 2.29. The number of rotatable bonds is 6. The Morgan fingerprint density at radius 2 is 2.08 bits per heavy atom. The molecule has 13 heavy (non-hydrogen) atoms. The van der Waals surface area contributed by atoms with E-state index in [0.717, 1.165) is 25.0 Å². The van der Waals surface area contributed by atoms with Gasteiger partial charge in [0, 0.05) is 19.1 Å². The Morgan fingerprint density at radius 3 is 2.54 bits per heavy atom. The van der Waals surface area contributed by atoms with Crippen molar-refractivity contribution in [2.24, 2.45) is 5.92 Å². The molecule has 78 valence electrons. The Bertz CT molecular complexity index is 134. The minimum atomic E-state index is 0.829. The second-order valence-electron chi connectivity index (χ2n) is 4.20. The summed E-state index contributed by atoms with van der Waals surface area (Å²) in [6.07, 6.45) is 4.19. The van der Waals surface area contributed by atoms with Gasteiger partial charge < -0.3 is 10.2 Å². The molecule has 0 saturated heterocycles. The van der Waals surface area contributed by atoms with Crippen molar-refractivity contribution in [1.29, 1.82) is 0 Å². The quantitative estimate of drug-likeness (QED) is 0.676. The van der Waals surface area contributed by atoms with Crippen LogP contribution in [0.5, 0.6) is 0 Å². The second kappa shape index (κ2) is 5.61. The van der Waals surface area contributed by atoms with E-state index in [2.05, 4.69) is 31.1 Å². The molecular formula is C11H24N2. The van der Waals surface area contributed by atoms with Gasteiger partial charge in [0.25, 0.3) is 0 Å². The molecule has 0 heterocycles. The topological polar surface area (TPSA) is 15.3 Å². The summed E-state index contributed by atoms with van der Waals surface area (Å²) >= 11 is 0. The van der Waals surface area contributed by atoms with E-state index in [0.29, 0.717) is 0 Å². The molecule has 1 rings (SSSR count). The molecule has 2 nitrogen and oxygen atoms in total. The summed E-state index contributed by atoms with van der Waals surface area (Å²) in [6, 6.07) is 0.829. The smallest absolute Gasteiger partial charge is 0.0104 e. The van der Waals surface area contributed by atoms with Crippen molar-refractivity contribution >= 4 is 0 Å². The first kappa shape index (κ1) is 11.0. The fourth-order valence-corrected chi connectivity index (χ4v) is 1.93. The maximum absolute atomic E-state index is 3.64. The third kappa shape index (κ3) is 3.28. The van der Waals surface area contributed by atoms with E-state index in [1.54, 1.807) is 0 Å². The molecule has 0 aromatic carbocycles. The van der Waals surface area contributed by atoms with Crippen LogP contribution in [-0.4, -0.2) is 37.6 Å². The second-order valence-corrected chi connectivity index (χ2v) is 4.20. The Hall–Kier alpha value is -0.0800. The van der Waals surface area contributed by atoms with Crippen LogP contribution in [0, 0.1) is 5.92 Å². The minimum Gasteiger partial charge on any atom is -0.312 e.